The van der Waals surface area contributed by atoms with Gasteiger partial charge in [0.15, 0.2) is 0 Å². The lowest BCUT2D eigenvalue weighted by Gasteiger charge is -2.31. The molecule has 7 heteroatoms. The van der Waals surface area contributed by atoms with Crippen LogP contribution in [0.25, 0.3) is 27.7 Å². The smallest absolute Gasteiger partial charge is 0.404 e. The van der Waals surface area contributed by atoms with Gasteiger partial charge in [0.05, 0.1) is 16.8 Å². The van der Waals surface area contributed by atoms with Gasteiger partial charge in [-0.1, -0.05) is 44.4 Å². The summed E-state index contributed by atoms with van der Waals surface area (Å²) in [5.74, 6) is 0. The number of allylic oxidation sites excluding steroid dienone is 1. The summed E-state index contributed by atoms with van der Waals surface area (Å²) >= 11 is 0. The lowest BCUT2D eigenvalue weighted by Crippen LogP contribution is -2.23. The van der Waals surface area contributed by atoms with E-state index in [4.69, 9.17) is 15.7 Å². The van der Waals surface area contributed by atoms with Gasteiger partial charge in [-0.25, -0.2) is 0 Å². The molecule has 1 saturated carbocycles. The van der Waals surface area contributed by atoms with E-state index in [1.165, 1.54) is 38.3 Å². The number of halogens is 3. The Bertz CT molecular complexity index is 1240. The van der Waals surface area contributed by atoms with Gasteiger partial charge < -0.3 is 5.73 Å². The molecule has 0 spiro atoms. The molecular weight excluding hydrogens is 437 g/mol. The lowest BCUT2D eigenvalue weighted by atomic mass is 9.76. The van der Waals surface area contributed by atoms with Crippen molar-refractivity contribution in [3.8, 4) is 11.3 Å². The topological polar surface area (TPSA) is 64.2 Å². The summed E-state index contributed by atoms with van der Waals surface area (Å²) in [4.78, 5) is 13.5. The molecule has 0 radical (unpaired) electrons. The van der Waals surface area contributed by atoms with E-state index in [9.17, 15) is 13.2 Å². The Kier molecular flexibility index (Phi) is 6.73. The highest BCUT2D eigenvalue weighted by Crippen LogP contribution is 2.36. The number of pyridine rings is 2. The van der Waals surface area contributed by atoms with Gasteiger partial charge in [-0.05, 0) is 43.4 Å². The van der Waals surface area contributed by atoms with Crippen LogP contribution >= 0.6 is 0 Å². The molecule has 2 aromatic heterocycles. The summed E-state index contributed by atoms with van der Waals surface area (Å²) in [7, 11) is 0. The molecule has 0 aliphatic heterocycles. The van der Waals surface area contributed by atoms with Crippen LogP contribution < -0.4 is 5.73 Å². The maximum absolute atomic E-state index is 13.0. The number of rotatable bonds is 5. The number of aliphatic imine (C=N–C) groups is 1. The Hall–Kier alpha value is -3.22. The zero-order valence-electron chi connectivity index (χ0n) is 19.5. The molecule has 3 aromatic rings. The number of nitrogens with two attached hydrogens (primary N) is 1. The van der Waals surface area contributed by atoms with Crippen LogP contribution in [0.5, 0.6) is 0 Å². The Balaban J connectivity index is 1.67. The highest BCUT2D eigenvalue weighted by Gasteiger charge is 2.31. The summed E-state index contributed by atoms with van der Waals surface area (Å²) in [6.45, 7) is 4.94. The quantitative estimate of drug-likeness (QED) is 0.413. The van der Waals surface area contributed by atoms with E-state index >= 15 is 0 Å². The van der Waals surface area contributed by atoms with Crippen LogP contribution in [0.4, 0.5) is 13.2 Å². The van der Waals surface area contributed by atoms with E-state index in [1.807, 2.05) is 25.3 Å². The van der Waals surface area contributed by atoms with Crippen LogP contribution in [0.1, 0.15) is 55.8 Å². The van der Waals surface area contributed by atoms with E-state index in [2.05, 4.69) is 11.9 Å². The van der Waals surface area contributed by atoms with E-state index in [0.717, 1.165) is 41.2 Å². The summed E-state index contributed by atoms with van der Waals surface area (Å²) in [6.07, 6.45) is 5.93. The van der Waals surface area contributed by atoms with Crippen LogP contribution in [0.2, 0.25) is 0 Å². The van der Waals surface area contributed by atoms with Crippen molar-refractivity contribution in [2.24, 2.45) is 16.1 Å². The first-order chi connectivity index (χ1) is 16.2. The molecule has 34 heavy (non-hydrogen) atoms. The van der Waals surface area contributed by atoms with Crippen molar-refractivity contribution < 1.29 is 13.2 Å². The van der Waals surface area contributed by atoms with Gasteiger partial charge in [0, 0.05) is 52.9 Å². The zero-order chi connectivity index (χ0) is 24.3. The van der Waals surface area contributed by atoms with Gasteiger partial charge in [0.25, 0.3) is 0 Å². The standard InChI is InChI=1S/C27H29F3N4/c1-18-6-9-23(21(14-31)15-32-17-26(2)10-4-3-5-11-26)25(34-18)20-8-7-19-12-22(27(28,29)30)16-33-24(19)13-20/h6-9,12-16H,3-5,10-11,17,31H2,1-2H3/b21-14+,32-15?. The summed E-state index contributed by atoms with van der Waals surface area (Å²) in [6, 6.07) is 10.1. The van der Waals surface area contributed by atoms with Crippen molar-refractivity contribution >= 4 is 22.7 Å². The van der Waals surface area contributed by atoms with Crippen molar-refractivity contribution in [3.63, 3.8) is 0 Å². The third-order valence-corrected chi connectivity index (χ3v) is 6.57. The fourth-order valence-corrected chi connectivity index (χ4v) is 4.56. The van der Waals surface area contributed by atoms with E-state index in [0.29, 0.717) is 16.6 Å². The Morgan fingerprint density at radius 2 is 1.88 bits per heavy atom. The molecule has 0 saturated heterocycles. The molecule has 4 nitrogen and oxygen atoms in total. The number of aryl methyl sites for hydroxylation is 1. The Labute approximate surface area is 197 Å². The third-order valence-electron chi connectivity index (χ3n) is 6.57. The van der Waals surface area contributed by atoms with Gasteiger partial charge in [-0.15, -0.1) is 0 Å². The van der Waals surface area contributed by atoms with E-state index in [1.54, 1.807) is 18.2 Å². The van der Waals surface area contributed by atoms with Crippen molar-refractivity contribution in [2.45, 2.75) is 52.1 Å². The first-order valence-electron chi connectivity index (χ1n) is 11.6. The molecule has 0 amide bonds. The van der Waals surface area contributed by atoms with Crippen molar-refractivity contribution in [1.82, 2.24) is 9.97 Å². The average Bonchev–Trinajstić information content (AvgIpc) is 2.81. The second-order valence-corrected chi connectivity index (χ2v) is 9.44. The minimum absolute atomic E-state index is 0.224. The zero-order valence-corrected chi connectivity index (χ0v) is 19.5. The number of aromatic nitrogens is 2. The minimum Gasteiger partial charge on any atom is -0.404 e. The van der Waals surface area contributed by atoms with Gasteiger partial charge in [-0.3, -0.25) is 15.0 Å². The first-order valence-corrected chi connectivity index (χ1v) is 11.6. The number of alkyl halides is 3. The SMILES string of the molecule is Cc1ccc(/C(C=NCC2(C)CCCCC2)=C/N)c(-c2ccc3cc(C(F)(F)F)cnc3c2)n1. The number of nitrogens with zero attached hydrogens (tertiary/aromatic N) is 3. The normalized spacial score (nSPS) is 16.9. The largest absolute Gasteiger partial charge is 0.417 e. The van der Waals surface area contributed by atoms with Gasteiger partial charge in [-0.2, -0.15) is 13.2 Å². The van der Waals surface area contributed by atoms with Crippen molar-refractivity contribution in [3.05, 3.63) is 65.6 Å². The predicted molar refractivity (Wildman–Crippen MR) is 131 cm³/mol. The number of fused-ring (bicyclic) bond motifs is 1. The first kappa shape index (κ1) is 23.9. The van der Waals surface area contributed by atoms with Crippen molar-refractivity contribution in [1.29, 1.82) is 0 Å². The molecule has 4 rings (SSSR count). The van der Waals surface area contributed by atoms with Crippen LogP contribution in [0, 0.1) is 12.3 Å². The highest BCUT2D eigenvalue weighted by molar-refractivity contribution is 6.12. The summed E-state index contributed by atoms with van der Waals surface area (Å²) in [5, 5.41) is 0.421. The molecule has 1 aromatic carbocycles. The average molecular weight is 467 g/mol. The maximum Gasteiger partial charge on any atom is 0.417 e. The molecule has 0 bridgehead atoms. The monoisotopic (exact) mass is 466 g/mol. The van der Waals surface area contributed by atoms with Gasteiger partial charge in [0.2, 0.25) is 0 Å². The van der Waals surface area contributed by atoms with Crippen molar-refractivity contribution in [2.75, 3.05) is 6.54 Å². The Morgan fingerprint density at radius 3 is 2.59 bits per heavy atom. The molecule has 2 heterocycles. The highest BCUT2D eigenvalue weighted by atomic mass is 19.4. The second-order valence-electron chi connectivity index (χ2n) is 9.44. The van der Waals surface area contributed by atoms with Gasteiger partial charge >= 0.3 is 6.18 Å². The van der Waals surface area contributed by atoms with Gasteiger partial charge in [0.1, 0.15) is 0 Å². The molecule has 1 fully saturated rings. The molecule has 1 aliphatic rings. The fourth-order valence-electron chi connectivity index (χ4n) is 4.56. The molecule has 0 unspecified atom stereocenters. The number of benzene rings is 1. The molecule has 2 N–H and O–H groups in total. The van der Waals surface area contributed by atoms with Crippen LogP contribution in [0.15, 0.2) is 53.8 Å². The molecular formula is C27H29F3N4. The number of hydrogen-bond donors (Lipinski definition) is 1. The van der Waals surface area contributed by atoms with E-state index < -0.39 is 11.7 Å². The summed E-state index contributed by atoms with van der Waals surface area (Å²) in [5.41, 5.74) is 9.75. The Morgan fingerprint density at radius 1 is 1.12 bits per heavy atom. The predicted octanol–water partition coefficient (Wildman–Crippen LogP) is 6.96. The molecule has 0 atom stereocenters. The minimum atomic E-state index is -4.43. The molecule has 1 aliphatic carbocycles. The fraction of sp³-hybridized carbons (Fsp3) is 0.370. The second kappa shape index (κ2) is 9.57. The van der Waals surface area contributed by atoms with Crippen LogP contribution in [0.3, 0.4) is 0 Å². The summed E-state index contributed by atoms with van der Waals surface area (Å²) < 4.78 is 39.1. The van der Waals surface area contributed by atoms with Crippen LogP contribution in [-0.4, -0.2) is 22.7 Å². The lowest BCUT2D eigenvalue weighted by molar-refractivity contribution is -0.137. The third kappa shape index (κ3) is 5.29. The maximum atomic E-state index is 13.0. The van der Waals surface area contributed by atoms with Crippen LogP contribution in [-0.2, 0) is 6.18 Å². The number of hydrogen-bond acceptors (Lipinski definition) is 4. The van der Waals surface area contributed by atoms with E-state index in [-0.39, 0.29) is 5.41 Å². The molecule has 178 valence electrons.